The normalized spacial score (nSPS) is 11.5. The first-order valence-electron chi connectivity index (χ1n) is 4.22. The molecule has 72 valence electrons. The molecule has 0 aliphatic rings. The Morgan fingerprint density at radius 1 is 1.62 bits per heavy atom. The second-order valence-corrected chi connectivity index (χ2v) is 4.82. The maximum Gasteiger partial charge on any atom is 0.303 e. The molecule has 0 radical (unpaired) electrons. The molecule has 0 amide bonds. The number of hydrogen-bond acceptors (Lipinski definition) is 2. The van der Waals surface area contributed by atoms with Gasteiger partial charge in [0.05, 0.1) is 6.42 Å². The third-order valence-electron chi connectivity index (χ3n) is 1.89. The summed E-state index contributed by atoms with van der Waals surface area (Å²) in [6.45, 7) is 3.97. The molecule has 1 N–H and O–H groups in total. The summed E-state index contributed by atoms with van der Waals surface area (Å²) in [6.07, 6.45) is 1.06. The van der Waals surface area contributed by atoms with Gasteiger partial charge >= 0.3 is 5.97 Å². The Morgan fingerprint density at radius 3 is 2.77 bits per heavy atom. The van der Waals surface area contributed by atoms with Gasteiger partial charge in [0.15, 0.2) is 0 Å². The molecule has 1 aromatic heterocycles. The minimum absolute atomic E-state index is 0.146. The minimum Gasteiger partial charge on any atom is -0.481 e. The van der Waals surface area contributed by atoms with E-state index in [1.165, 1.54) is 5.56 Å². The van der Waals surface area contributed by atoms with E-state index in [0.717, 1.165) is 6.42 Å². The summed E-state index contributed by atoms with van der Waals surface area (Å²) in [5.74, 6) is -0.722. The van der Waals surface area contributed by atoms with Gasteiger partial charge in [0, 0.05) is 0 Å². The van der Waals surface area contributed by atoms with Gasteiger partial charge in [-0.15, -0.1) is 0 Å². The van der Waals surface area contributed by atoms with Crippen molar-refractivity contribution in [2.75, 3.05) is 0 Å². The monoisotopic (exact) mass is 198 g/mol. The largest absolute Gasteiger partial charge is 0.481 e. The van der Waals surface area contributed by atoms with Gasteiger partial charge in [-0.25, -0.2) is 0 Å². The Morgan fingerprint density at radius 2 is 2.31 bits per heavy atom. The Balaban J connectivity index is 2.56. The number of carbonyl (C=O) groups is 1. The van der Waals surface area contributed by atoms with Crippen molar-refractivity contribution in [1.29, 1.82) is 0 Å². The fourth-order valence-corrected chi connectivity index (χ4v) is 2.09. The molecule has 0 bridgehead atoms. The van der Waals surface area contributed by atoms with Crippen molar-refractivity contribution in [2.24, 2.45) is 5.41 Å². The van der Waals surface area contributed by atoms with Crippen molar-refractivity contribution in [3.05, 3.63) is 22.4 Å². The molecule has 0 fully saturated rings. The zero-order valence-corrected chi connectivity index (χ0v) is 8.73. The van der Waals surface area contributed by atoms with E-state index < -0.39 is 5.97 Å². The summed E-state index contributed by atoms with van der Waals surface area (Å²) < 4.78 is 0. The van der Waals surface area contributed by atoms with Crippen molar-refractivity contribution < 1.29 is 9.90 Å². The Labute approximate surface area is 82.2 Å². The van der Waals surface area contributed by atoms with E-state index in [-0.39, 0.29) is 11.8 Å². The lowest BCUT2D eigenvalue weighted by Crippen LogP contribution is -2.19. The average molecular weight is 198 g/mol. The molecular weight excluding hydrogens is 184 g/mol. The second-order valence-electron chi connectivity index (χ2n) is 4.04. The molecular formula is C10H14O2S. The van der Waals surface area contributed by atoms with Gasteiger partial charge in [0.1, 0.15) is 0 Å². The fraction of sp³-hybridized carbons (Fsp3) is 0.500. The third-order valence-corrected chi connectivity index (χ3v) is 2.62. The molecule has 1 heterocycles. The van der Waals surface area contributed by atoms with Crippen LogP contribution in [-0.4, -0.2) is 11.1 Å². The van der Waals surface area contributed by atoms with Gasteiger partial charge in [0.2, 0.25) is 0 Å². The number of aliphatic carboxylic acids is 1. The summed E-state index contributed by atoms with van der Waals surface area (Å²) in [7, 11) is 0. The van der Waals surface area contributed by atoms with Crippen LogP contribution in [0.2, 0.25) is 0 Å². The third kappa shape index (κ3) is 3.59. The van der Waals surface area contributed by atoms with Crippen LogP contribution in [0.4, 0.5) is 0 Å². The van der Waals surface area contributed by atoms with Gasteiger partial charge in [-0.2, -0.15) is 11.3 Å². The molecule has 0 atom stereocenters. The van der Waals surface area contributed by atoms with Crippen molar-refractivity contribution in [3.8, 4) is 0 Å². The SMILES string of the molecule is CC(C)(CC(=O)O)Cc1ccsc1. The maximum atomic E-state index is 10.5. The minimum atomic E-state index is -0.722. The van der Waals surface area contributed by atoms with Gasteiger partial charge in [-0.05, 0) is 34.2 Å². The quantitative estimate of drug-likeness (QED) is 0.807. The van der Waals surface area contributed by atoms with Crippen LogP contribution in [-0.2, 0) is 11.2 Å². The standard InChI is InChI=1S/C10H14O2S/c1-10(2,6-9(11)12)5-8-3-4-13-7-8/h3-4,7H,5-6H2,1-2H3,(H,11,12). The molecule has 0 aliphatic carbocycles. The molecule has 0 spiro atoms. The Hall–Kier alpha value is -0.830. The van der Waals surface area contributed by atoms with Crippen LogP contribution in [0.1, 0.15) is 25.8 Å². The van der Waals surface area contributed by atoms with Gasteiger partial charge < -0.3 is 5.11 Å². The van der Waals surface area contributed by atoms with Gasteiger partial charge in [0.25, 0.3) is 0 Å². The van der Waals surface area contributed by atoms with Gasteiger partial charge in [-0.1, -0.05) is 13.8 Å². The fourth-order valence-electron chi connectivity index (χ4n) is 1.42. The van der Waals surface area contributed by atoms with Gasteiger partial charge in [-0.3, -0.25) is 4.79 Å². The predicted molar refractivity (Wildman–Crippen MR) is 54.1 cm³/mol. The summed E-state index contributed by atoms with van der Waals surface area (Å²) in [5, 5.41) is 12.8. The van der Waals surface area contributed by atoms with Crippen molar-refractivity contribution in [3.63, 3.8) is 0 Å². The van der Waals surface area contributed by atoms with E-state index in [0.29, 0.717) is 0 Å². The van der Waals surface area contributed by atoms with E-state index in [1.807, 2.05) is 25.3 Å². The number of hydrogen-bond donors (Lipinski definition) is 1. The van der Waals surface area contributed by atoms with Crippen molar-refractivity contribution in [1.82, 2.24) is 0 Å². The summed E-state index contributed by atoms with van der Waals surface area (Å²) in [5.41, 5.74) is 1.09. The zero-order valence-electron chi connectivity index (χ0n) is 7.91. The molecule has 1 aromatic rings. The molecule has 1 rings (SSSR count). The van der Waals surface area contributed by atoms with Crippen LogP contribution >= 0.6 is 11.3 Å². The number of carboxylic acids is 1. The summed E-state index contributed by atoms with van der Waals surface area (Å²) in [6, 6.07) is 2.05. The number of thiophene rings is 1. The first kappa shape index (κ1) is 10.3. The van der Waals surface area contributed by atoms with Crippen LogP contribution in [0.3, 0.4) is 0 Å². The lowest BCUT2D eigenvalue weighted by atomic mass is 9.83. The summed E-state index contributed by atoms with van der Waals surface area (Å²) in [4.78, 5) is 10.5. The Kier molecular flexibility index (Phi) is 3.09. The predicted octanol–water partition coefficient (Wildman–Crippen LogP) is 2.79. The molecule has 3 heteroatoms. The van der Waals surface area contributed by atoms with Crippen molar-refractivity contribution in [2.45, 2.75) is 26.7 Å². The molecule has 0 unspecified atom stereocenters. The molecule has 2 nitrogen and oxygen atoms in total. The van der Waals surface area contributed by atoms with E-state index in [1.54, 1.807) is 11.3 Å². The second kappa shape index (κ2) is 3.92. The lowest BCUT2D eigenvalue weighted by Gasteiger charge is -2.21. The van der Waals surface area contributed by atoms with E-state index >= 15 is 0 Å². The highest BCUT2D eigenvalue weighted by Gasteiger charge is 2.22. The van der Waals surface area contributed by atoms with Crippen LogP contribution in [0.25, 0.3) is 0 Å². The summed E-state index contributed by atoms with van der Waals surface area (Å²) >= 11 is 1.65. The highest BCUT2D eigenvalue weighted by Crippen LogP contribution is 2.26. The maximum absolute atomic E-state index is 10.5. The van der Waals surface area contributed by atoms with E-state index in [2.05, 4.69) is 5.38 Å². The first-order chi connectivity index (χ1) is 5.99. The first-order valence-corrected chi connectivity index (χ1v) is 5.17. The van der Waals surface area contributed by atoms with Crippen LogP contribution in [0.5, 0.6) is 0 Å². The van der Waals surface area contributed by atoms with Crippen LogP contribution in [0, 0.1) is 5.41 Å². The van der Waals surface area contributed by atoms with Crippen LogP contribution < -0.4 is 0 Å². The van der Waals surface area contributed by atoms with E-state index in [4.69, 9.17) is 5.11 Å². The van der Waals surface area contributed by atoms with E-state index in [9.17, 15) is 4.79 Å². The molecule has 13 heavy (non-hydrogen) atoms. The Bertz CT molecular complexity index is 275. The molecule has 0 saturated heterocycles. The highest BCUT2D eigenvalue weighted by molar-refractivity contribution is 7.07. The molecule has 0 saturated carbocycles. The number of rotatable bonds is 4. The number of carboxylic acid groups (broad SMARTS) is 1. The molecule has 0 aromatic carbocycles. The van der Waals surface area contributed by atoms with Crippen molar-refractivity contribution >= 4 is 17.3 Å². The highest BCUT2D eigenvalue weighted by atomic mass is 32.1. The lowest BCUT2D eigenvalue weighted by molar-refractivity contribution is -0.139. The topological polar surface area (TPSA) is 37.3 Å². The smallest absolute Gasteiger partial charge is 0.303 e. The van der Waals surface area contributed by atoms with Crippen LogP contribution in [0.15, 0.2) is 16.8 Å². The average Bonchev–Trinajstić information content (AvgIpc) is 2.34. The molecule has 0 aliphatic heterocycles. The zero-order chi connectivity index (χ0) is 9.90.